The third-order valence-corrected chi connectivity index (χ3v) is 3.25. The second-order valence-electron chi connectivity index (χ2n) is 3.59. The fourth-order valence-corrected chi connectivity index (χ4v) is 2.32. The summed E-state index contributed by atoms with van der Waals surface area (Å²) in [6, 6.07) is 10.8. The summed E-state index contributed by atoms with van der Waals surface area (Å²) in [5.74, 6) is -0.839. The molecule has 18 heavy (non-hydrogen) atoms. The van der Waals surface area contributed by atoms with Crippen molar-refractivity contribution >= 4 is 45.8 Å². The minimum atomic E-state index is -0.448. The van der Waals surface area contributed by atoms with E-state index in [1.165, 1.54) is 18.2 Å². The summed E-state index contributed by atoms with van der Waals surface area (Å²) in [7, 11) is 0. The number of amides is 1. The van der Waals surface area contributed by atoms with Crippen LogP contribution in [0.5, 0.6) is 0 Å². The normalized spacial score (nSPS) is 10.2. The van der Waals surface area contributed by atoms with Gasteiger partial charge in [-0.25, -0.2) is 4.39 Å². The maximum absolute atomic E-state index is 13.0. The van der Waals surface area contributed by atoms with E-state index in [0.29, 0.717) is 10.7 Å². The molecule has 2 aromatic rings. The summed E-state index contributed by atoms with van der Waals surface area (Å²) in [6.07, 6.45) is 0. The van der Waals surface area contributed by atoms with E-state index in [-0.39, 0.29) is 5.56 Å². The minimum absolute atomic E-state index is 0.254. The van der Waals surface area contributed by atoms with Gasteiger partial charge in [0, 0.05) is 9.13 Å². The topological polar surface area (TPSA) is 29.1 Å². The summed E-state index contributed by atoms with van der Waals surface area (Å²) in [6.45, 7) is 0. The van der Waals surface area contributed by atoms with Crippen molar-refractivity contribution in [2.45, 2.75) is 0 Å². The van der Waals surface area contributed by atoms with Crippen LogP contribution in [0.3, 0.4) is 0 Å². The first-order valence-electron chi connectivity index (χ1n) is 5.08. The highest BCUT2D eigenvalue weighted by Crippen LogP contribution is 2.24. The van der Waals surface area contributed by atoms with Crippen LogP contribution in [0.25, 0.3) is 0 Å². The molecule has 0 radical (unpaired) electrons. The number of carbonyl (C=O) groups is 1. The molecule has 0 heterocycles. The maximum Gasteiger partial charge on any atom is 0.255 e. The predicted octanol–water partition coefficient (Wildman–Crippen LogP) is 4.34. The van der Waals surface area contributed by atoms with Crippen LogP contribution in [-0.4, -0.2) is 5.91 Å². The van der Waals surface area contributed by atoms with Gasteiger partial charge in [0.15, 0.2) is 0 Å². The minimum Gasteiger partial charge on any atom is -0.321 e. The van der Waals surface area contributed by atoms with Gasteiger partial charge in [-0.3, -0.25) is 4.79 Å². The Morgan fingerprint density at radius 1 is 1.22 bits per heavy atom. The number of nitrogens with one attached hydrogen (secondary N) is 1. The molecule has 2 aromatic carbocycles. The number of benzene rings is 2. The van der Waals surface area contributed by atoms with E-state index in [1.807, 2.05) is 6.07 Å². The highest BCUT2D eigenvalue weighted by Gasteiger charge is 2.09. The van der Waals surface area contributed by atoms with E-state index in [1.54, 1.807) is 18.2 Å². The van der Waals surface area contributed by atoms with E-state index in [4.69, 9.17) is 11.6 Å². The molecule has 5 heteroatoms. The molecule has 0 aliphatic carbocycles. The lowest BCUT2D eigenvalue weighted by Crippen LogP contribution is -2.12. The van der Waals surface area contributed by atoms with E-state index in [9.17, 15) is 9.18 Å². The van der Waals surface area contributed by atoms with Gasteiger partial charge in [-0.2, -0.15) is 0 Å². The van der Waals surface area contributed by atoms with Crippen molar-refractivity contribution in [1.29, 1.82) is 0 Å². The van der Waals surface area contributed by atoms with Crippen LogP contribution < -0.4 is 5.32 Å². The summed E-state index contributed by atoms with van der Waals surface area (Å²) in [5.41, 5.74) is 0.760. The molecule has 0 saturated carbocycles. The molecule has 1 N–H and O–H groups in total. The zero-order chi connectivity index (χ0) is 13.1. The number of halogens is 3. The fourth-order valence-electron chi connectivity index (χ4n) is 1.42. The first kappa shape index (κ1) is 13.3. The van der Waals surface area contributed by atoms with Gasteiger partial charge in [0.05, 0.1) is 10.7 Å². The summed E-state index contributed by atoms with van der Waals surface area (Å²) in [4.78, 5) is 11.9. The third-order valence-electron chi connectivity index (χ3n) is 2.27. The van der Waals surface area contributed by atoms with Crippen molar-refractivity contribution in [2.24, 2.45) is 0 Å². The van der Waals surface area contributed by atoms with Crippen LogP contribution >= 0.6 is 34.2 Å². The number of hydrogen-bond donors (Lipinski definition) is 1. The number of carbonyl (C=O) groups excluding carboxylic acids is 1. The Morgan fingerprint density at radius 2 is 2.00 bits per heavy atom. The highest BCUT2D eigenvalue weighted by molar-refractivity contribution is 14.1. The Balaban J connectivity index is 2.21. The Bertz CT molecular complexity index is 603. The van der Waals surface area contributed by atoms with Crippen LogP contribution in [0.1, 0.15) is 10.4 Å². The van der Waals surface area contributed by atoms with Crippen molar-refractivity contribution in [2.75, 3.05) is 5.32 Å². The lowest BCUT2D eigenvalue weighted by atomic mass is 10.2. The summed E-state index contributed by atoms with van der Waals surface area (Å²) in [5, 5.41) is 3.09. The molecule has 0 bridgehead atoms. The van der Waals surface area contributed by atoms with E-state index in [2.05, 4.69) is 27.9 Å². The van der Waals surface area contributed by atoms with E-state index >= 15 is 0 Å². The van der Waals surface area contributed by atoms with Crippen molar-refractivity contribution in [3.05, 3.63) is 62.4 Å². The molecule has 0 atom stereocenters. The first-order valence-corrected chi connectivity index (χ1v) is 6.54. The largest absolute Gasteiger partial charge is 0.321 e. The zero-order valence-electron chi connectivity index (χ0n) is 9.08. The smallest absolute Gasteiger partial charge is 0.255 e. The van der Waals surface area contributed by atoms with Crippen molar-refractivity contribution in [1.82, 2.24) is 0 Å². The van der Waals surface area contributed by atoms with Gasteiger partial charge < -0.3 is 5.32 Å². The number of rotatable bonds is 2. The average Bonchev–Trinajstić information content (AvgIpc) is 2.32. The van der Waals surface area contributed by atoms with Crippen molar-refractivity contribution < 1.29 is 9.18 Å². The predicted molar refractivity (Wildman–Crippen MR) is 78.5 cm³/mol. The van der Waals surface area contributed by atoms with Crippen molar-refractivity contribution in [3.8, 4) is 0 Å². The molecule has 2 rings (SSSR count). The van der Waals surface area contributed by atoms with E-state index < -0.39 is 11.7 Å². The van der Waals surface area contributed by atoms with Crippen LogP contribution in [-0.2, 0) is 0 Å². The standard InChI is InChI=1S/C13H8ClFINO/c14-11-7-10(16)4-5-12(11)17-13(18)8-2-1-3-9(15)6-8/h1-7H,(H,17,18). The molecule has 0 saturated heterocycles. The second-order valence-corrected chi connectivity index (χ2v) is 5.24. The van der Waals surface area contributed by atoms with Crippen LogP contribution in [0.15, 0.2) is 42.5 Å². The molecule has 1 amide bonds. The van der Waals surface area contributed by atoms with Gasteiger partial charge in [0.25, 0.3) is 5.91 Å². The molecule has 0 aliphatic heterocycles. The SMILES string of the molecule is O=C(Nc1ccc(I)cc1Cl)c1cccc(F)c1. The van der Waals surface area contributed by atoms with Crippen molar-refractivity contribution in [3.63, 3.8) is 0 Å². The fraction of sp³-hybridized carbons (Fsp3) is 0. The van der Waals surface area contributed by atoms with Crippen LogP contribution in [0.2, 0.25) is 5.02 Å². The monoisotopic (exact) mass is 375 g/mol. The van der Waals surface area contributed by atoms with Gasteiger partial charge in [-0.05, 0) is 59.0 Å². The maximum atomic E-state index is 13.0. The van der Waals surface area contributed by atoms with Gasteiger partial charge in [-0.15, -0.1) is 0 Å². The van der Waals surface area contributed by atoms with Gasteiger partial charge in [0.1, 0.15) is 5.82 Å². The molecular weight excluding hydrogens is 368 g/mol. The number of anilines is 1. The molecule has 2 nitrogen and oxygen atoms in total. The Labute approximate surface area is 122 Å². The summed E-state index contributed by atoms with van der Waals surface area (Å²) < 4.78 is 14.0. The summed E-state index contributed by atoms with van der Waals surface area (Å²) >= 11 is 8.12. The van der Waals surface area contributed by atoms with Gasteiger partial charge in [-0.1, -0.05) is 17.7 Å². The number of hydrogen-bond acceptors (Lipinski definition) is 1. The highest BCUT2D eigenvalue weighted by atomic mass is 127. The molecule has 0 aliphatic rings. The molecule has 92 valence electrons. The van der Waals surface area contributed by atoms with Gasteiger partial charge >= 0.3 is 0 Å². The molecule has 0 fully saturated rings. The van der Waals surface area contributed by atoms with Crippen LogP contribution in [0.4, 0.5) is 10.1 Å². The first-order chi connectivity index (χ1) is 8.56. The molecule has 0 spiro atoms. The zero-order valence-corrected chi connectivity index (χ0v) is 12.0. The van der Waals surface area contributed by atoms with Crippen LogP contribution in [0, 0.1) is 9.39 Å². The van der Waals surface area contributed by atoms with E-state index in [0.717, 1.165) is 3.57 Å². The quantitative estimate of drug-likeness (QED) is 0.778. The molecule has 0 unspecified atom stereocenters. The van der Waals surface area contributed by atoms with Gasteiger partial charge in [0.2, 0.25) is 0 Å². The Morgan fingerprint density at radius 3 is 2.67 bits per heavy atom. The molecule has 0 aromatic heterocycles. The average molecular weight is 376 g/mol. The third kappa shape index (κ3) is 3.20. The Hall–Kier alpha value is -1.14. The lowest BCUT2D eigenvalue weighted by molar-refractivity contribution is 0.102. The Kier molecular flexibility index (Phi) is 4.19. The molecular formula is C13H8ClFINO. The lowest BCUT2D eigenvalue weighted by Gasteiger charge is -2.07. The second kappa shape index (κ2) is 5.67.